The second-order valence-electron chi connectivity index (χ2n) is 6.65. The molecule has 2 aromatic carbocycles. The summed E-state index contributed by atoms with van der Waals surface area (Å²) in [6.07, 6.45) is 0. The molecule has 5 nitrogen and oxygen atoms in total. The SMILES string of the molecule is COC(=O)C1C(C(=O)OC)C2c3ccccc3C(=O)c3ccccc3C12. The van der Waals surface area contributed by atoms with Crippen LogP contribution in [0.3, 0.4) is 0 Å². The number of carbonyl (C=O) groups excluding carboxylic acids is 3. The van der Waals surface area contributed by atoms with Gasteiger partial charge in [0.1, 0.15) is 0 Å². The van der Waals surface area contributed by atoms with Gasteiger partial charge in [-0.2, -0.15) is 0 Å². The zero-order valence-corrected chi connectivity index (χ0v) is 14.5. The van der Waals surface area contributed by atoms with E-state index in [-0.39, 0.29) is 17.6 Å². The Morgan fingerprint density at radius 1 is 0.731 bits per heavy atom. The highest BCUT2D eigenvalue weighted by Gasteiger charge is 2.61. The largest absolute Gasteiger partial charge is 0.469 e. The maximum absolute atomic E-state index is 13.1. The molecule has 0 amide bonds. The van der Waals surface area contributed by atoms with E-state index in [1.165, 1.54) is 14.2 Å². The van der Waals surface area contributed by atoms with Crippen LogP contribution in [0, 0.1) is 11.8 Å². The average Bonchev–Trinajstić information content (AvgIpc) is 2.74. The molecule has 0 spiro atoms. The predicted molar refractivity (Wildman–Crippen MR) is 92.8 cm³/mol. The van der Waals surface area contributed by atoms with Gasteiger partial charge in [0.25, 0.3) is 0 Å². The van der Waals surface area contributed by atoms with E-state index in [9.17, 15) is 14.4 Å². The van der Waals surface area contributed by atoms with Crippen molar-refractivity contribution < 1.29 is 23.9 Å². The van der Waals surface area contributed by atoms with E-state index >= 15 is 0 Å². The summed E-state index contributed by atoms with van der Waals surface area (Å²) in [5, 5.41) is 0. The van der Waals surface area contributed by atoms with Gasteiger partial charge >= 0.3 is 11.9 Å². The lowest BCUT2D eigenvalue weighted by Crippen LogP contribution is -2.52. The van der Waals surface area contributed by atoms with E-state index in [0.29, 0.717) is 11.1 Å². The molecule has 0 bridgehead atoms. The summed E-state index contributed by atoms with van der Waals surface area (Å²) < 4.78 is 9.93. The van der Waals surface area contributed by atoms with Crippen LogP contribution in [0.15, 0.2) is 48.5 Å². The van der Waals surface area contributed by atoms with Crippen molar-refractivity contribution in [3.05, 3.63) is 70.8 Å². The molecule has 4 rings (SSSR count). The van der Waals surface area contributed by atoms with E-state index in [0.717, 1.165) is 11.1 Å². The van der Waals surface area contributed by atoms with Gasteiger partial charge in [-0.05, 0) is 11.1 Å². The minimum atomic E-state index is -0.669. The molecule has 2 aromatic rings. The number of rotatable bonds is 2. The average molecular weight is 350 g/mol. The molecule has 0 aromatic heterocycles. The minimum absolute atomic E-state index is 0.0853. The van der Waals surface area contributed by atoms with Crippen molar-refractivity contribution in [2.75, 3.05) is 14.2 Å². The lowest BCUT2D eigenvalue weighted by molar-refractivity contribution is -0.168. The molecule has 2 aliphatic carbocycles. The van der Waals surface area contributed by atoms with Crippen molar-refractivity contribution >= 4 is 17.7 Å². The van der Waals surface area contributed by atoms with Gasteiger partial charge in [-0.15, -0.1) is 0 Å². The minimum Gasteiger partial charge on any atom is -0.469 e. The van der Waals surface area contributed by atoms with Gasteiger partial charge in [-0.25, -0.2) is 0 Å². The fraction of sp³-hybridized carbons (Fsp3) is 0.286. The zero-order valence-electron chi connectivity index (χ0n) is 14.5. The van der Waals surface area contributed by atoms with Crippen molar-refractivity contribution in [3.63, 3.8) is 0 Å². The number of methoxy groups -OCH3 is 2. The molecule has 2 aliphatic rings. The summed E-state index contributed by atoms with van der Waals surface area (Å²) >= 11 is 0. The summed E-state index contributed by atoms with van der Waals surface area (Å²) in [4.78, 5) is 38.1. The fourth-order valence-corrected chi connectivity index (χ4v) is 4.51. The van der Waals surface area contributed by atoms with Crippen LogP contribution in [-0.4, -0.2) is 31.9 Å². The molecule has 132 valence electrons. The van der Waals surface area contributed by atoms with Gasteiger partial charge in [0.2, 0.25) is 0 Å². The van der Waals surface area contributed by atoms with E-state index < -0.39 is 23.8 Å². The first-order valence-electron chi connectivity index (χ1n) is 8.48. The second kappa shape index (κ2) is 6.09. The normalized spacial score (nSPS) is 25.7. The van der Waals surface area contributed by atoms with Crippen LogP contribution in [0.1, 0.15) is 38.9 Å². The molecule has 1 fully saturated rings. The maximum Gasteiger partial charge on any atom is 0.310 e. The third-order valence-corrected chi connectivity index (χ3v) is 5.62. The third kappa shape index (κ3) is 2.13. The van der Waals surface area contributed by atoms with E-state index in [4.69, 9.17) is 9.47 Å². The number of fused-ring (bicyclic) bond motifs is 5. The first kappa shape index (κ1) is 16.5. The number of benzene rings is 2. The van der Waals surface area contributed by atoms with E-state index in [1.807, 2.05) is 36.4 Å². The molecular formula is C21H18O5. The Kier molecular flexibility index (Phi) is 3.87. The van der Waals surface area contributed by atoms with Crippen LogP contribution in [0.4, 0.5) is 0 Å². The third-order valence-electron chi connectivity index (χ3n) is 5.62. The van der Waals surface area contributed by atoms with Crippen LogP contribution in [0.25, 0.3) is 0 Å². The topological polar surface area (TPSA) is 69.7 Å². The summed E-state index contributed by atoms with van der Waals surface area (Å²) in [6.45, 7) is 0. The Morgan fingerprint density at radius 3 is 1.50 bits per heavy atom. The van der Waals surface area contributed by atoms with Crippen molar-refractivity contribution in [1.82, 2.24) is 0 Å². The summed E-state index contributed by atoms with van der Waals surface area (Å²) in [5.41, 5.74) is 2.72. The Hall–Kier alpha value is -2.95. The van der Waals surface area contributed by atoms with Crippen LogP contribution in [0.2, 0.25) is 0 Å². The lowest BCUT2D eigenvalue weighted by Gasteiger charge is -2.49. The second-order valence-corrected chi connectivity index (χ2v) is 6.65. The van der Waals surface area contributed by atoms with Crippen molar-refractivity contribution in [2.45, 2.75) is 11.8 Å². The van der Waals surface area contributed by atoms with Gasteiger partial charge in [0, 0.05) is 23.0 Å². The molecule has 0 aliphatic heterocycles. The Balaban J connectivity index is 1.97. The first-order valence-corrected chi connectivity index (χ1v) is 8.48. The molecule has 0 heterocycles. The molecular weight excluding hydrogens is 332 g/mol. The number of esters is 2. The highest BCUT2D eigenvalue weighted by Crippen LogP contribution is 2.61. The number of ketones is 1. The molecule has 0 N–H and O–H groups in total. The first-order chi connectivity index (χ1) is 12.6. The summed E-state index contributed by atoms with van der Waals surface area (Å²) in [7, 11) is 2.62. The van der Waals surface area contributed by atoms with E-state index in [2.05, 4.69) is 0 Å². The highest BCUT2D eigenvalue weighted by atomic mass is 16.5. The highest BCUT2D eigenvalue weighted by molar-refractivity contribution is 6.12. The van der Waals surface area contributed by atoms with E-state index in [1.54, 1.807) is 12.1 Å². The predicted octanol–water partition coefficient (Wildman–Crippen LogP) is 2.69. The smallest absolute Gasteiger partial charge is 0.310 e. The number of ether oxygens (including phenoxy) is 2. The quantitative estimate of drug-likeness (QED) is 0.779. The van der Waals surface area contributed by atoms with Gasteiger partial charge in [-0.3, -0.25) is 14.4 Å². The molecule has 0 saturated heterocycles. The zero-order chi connectivity index (χ0) is 18.4. The molecule has 1 saturated carbocycles. The lowest BCUT2D eigenvalue weighted by atomic mass is 9.52. The Morgan fingerprint density at radius 2 is 1.12 bits per heavy atom. The summed E-state index contributed by atoms with van der Waals surface area (Å²) in [6, 6.07) is 14.6. The number of carbonyl (C=O) groups is 3. The molecule has 0 radical (unpaired) electrons. The molecule has 4 unspecified atom stereocenters. The monoisotopic (exact) mass is 350 g/mol. The summed E-state index contributed by atoms with van der Waals surface area (Å²) in [5.74, 6) is -2.93. The van der Waals surface area contributed by atoms with Crippen LogP contribution >= 0.6 is 0 Å². The van der Waals surface area contributed by atoms with Crippen molar-refractivity contribution in [3.8, 4) is 0 Å². The maximum atomic E-state index is 13.1. The van der Waals surface area contributed by atoms with Crippen molar-refractivity contribution in [2.24, 2.45) is 11.8 Å². The van der Waals surface area contributed by atoms with Gasteiger partial charge in [-0.1, -0.05) is 48.5 Å². The molecule has 26 heavy (non-hydrogen) atoms. The Bertz CT molecular complexity index is 843. The van der Waals surface area contributed by atoms with Crippen LogP contribution in [-0.2, 0) is 19.1 Å². The standard InChI is InChI=1S/C21H18O5/c1-25-20(23)17-15-11-7-3-5-9-13(11)19(22)14-10-6-4-8-12(14)16(15)18(17)21(24)26-2/h3-10,15-18H,1-2H3. The fourth-order valence-electron chi connectivity index (χ4n) is 4.51. The van der Waals surface area contributed by atoms with Gasteiger partial charge in [0.05, 0.1) is 26.1 Å². The Labute approximate surface area is 150 Å². The molecule has 4 atom stereocenters. The van der Waals surface area contributed by atoms with Crippen LogP contribution < -0.4 is 0 Å². The number of hydrogen-bond acceptors (Lipinski definition) is 5. The van der Waals surface area contributed by atoms with Crippen LogP contribution in [0.5, 0.6) is 0 Å². The van der Waals surface area contributed by atoms with Crippen molar-refractivity contribution in [1.29, 1.82) is 0 Å². The molecule has 5 heteroatoms. The number of hydrogen-bond donors (Lipinski definition) is 0. The van der Waals surface area contributed by atoms with Gasteiger partial charge < -0.3 is 9.47 Å². The van der Waals surface area contributed by atoms with Gasteiger partial charge in [0.15, 0.2) is 5.78 Å².